The first-order valence-corrected chi connectivity index (χ1v) is 10.5. The van der Waals surface area contributed by atoms with Crippen LogP contribution in [0.2, 0.25) is 0 Å². The zero-order chi connectivity index (χ0) is 14.4. The molecule has 1 aromatic heterocycles. The van der Waals surface area contributed by atoms with Gasteiger partial charge in [0.2, 0.25) is 10.0 Å². The van der Waals surface area contributed by atoms with Crippen LogP contribution in [0, 0.1) is 0 Å². The molecule has 2 heterocycles. The molecule has 7 heteroatoms. The van der Waals surface area contributed by atoms with Crippen LogP contribution in [-0.2, 0) is 16.4 Å². The molecule has 2 rings (SSSR count). The number of thiophene rings is 1. The second kappa shape index (κ2) is 7.79. The topological polar surface area (TPSA) is 58.2 Å². The van der Waals surface area contributed by atoms with Crippen molar-refractivity contribution >= 4 is 33.1 Å². The van der Waals surface area contributed by atoms with Crippen LogP contribution < -0.4 is 10.0 Å². The summed E-state index contributed by atoms with van der Waals surface area (Å²) >= 11 is 3.28. The number of sulfonamides is 1. The molecular weight excluding hydrogens is 312 g/mol. The van der Waals surface area contributed by atoms with E-state index in [9.17, 15) is 8.42 Å². The summed E-state index contributed by atoms with van der Waals surface area (Å²) in [4.78, 5) is 1.12. The monoisotopic (exact) mass is 334 g/mol. The number of rotatable bonds is 7. The summed E-state index contributed by atoms with van der Waals surface area (Å²) in [6.45, 7) is 3.90. The predicted molar refractivity (Wildman–Crippen MR) is 87.2 cm³/mol. The number of hydrogen-bond acceptors (Lipinski definition) is 5. The first-order valence-electron chi connectivity index (χ1n) is 7.01. The molecule has 0 bridgehead atoms. The highest BCUT2D eigenvalue weighted by molar-refractivity contribution is 7.99. The van der Waals surface area contributed by atoms with Crippen LogP contribution in [0.4, 0.5) is 0 Å². The molecule has 1 fully saturated rings. The normalized spacial score (nSPS) is 17.4. The number of likely N-dealkylation sites (N-methyl/N-ethyl adjacent to an activating group) is 1. The molecule has 20 heavy (non-hydrogen) atoms. The van der Waals surface area contributed by atoms with Crippen molar-refractivity contribution in [3.05, 3.63) is 17.0 Å². The highest BCUT2D eigenvalue weighted by Gasteiger charge is 2.23. The van der Waals surface area contributed by atoms with Crippen molar-refractivity contribution in [1.82, 2.24) is 10.0 Å². The Bertz CT molecular complexity index is 507. The second-order valence-corrected chi connectivity index (χ2v) is 9.17. The fraction of sp³-hybridized carbons (Fsp3) is 0.692. The van der Waals surface area contributed by atoms with E-state index in [1.807, 2.05) is 17.8 Å². The van der Waals surface area contributed by atoms with Crippen molar-refractivity contribution in [2.24, 2.45) is 0 Å². The van der Waals surface area contributed by atoms with Gasteiger partial charge in [0.05, 0.1) is 0 Å². The SMILES string of the molecule is CCNCCc1ccc(S(=O)(=O)NC2CCSCC2)s1. The third-order valence-electron chi connectivity index (χ3n) is 3.24. The van der Waals surface area contributed by atoms with Gasteiger partial charge in [0.1, 0.15) is 4.21 Å². The molecule has 4 nitrogen and oxygen atoms in total. The predicted octanol–water partition coefficient (Wildman–Crippen LogP) is 2.07. The van der Waals surface area contributed by atoms with Gasteiger partial charge in [-0.2, -0.15) is 11.8 Å². The first-order chi connectivity index (χ1) is 9.62. The van der Waals surface area contributed by atoms with Gasteiger partial charge in [0.15, 0.2) is 0 Å². The Morgan fingerprint density at radius 1 is 1.30 bits per heavy atom. The second-order valence-electron chi connectivity index (χ2n) is 4.83. The highest BCUT2D eigenvalue weighted by atomic mass is 32.2. The summed E-state index contributed by atoms with van der Waals surface area (Å²) in [5.41, 5.74) is 0. The van der Waals surface area contributed by atoms with Crippen LogP contribution >= 0.6 is 23.1 Å². The Balaban J connectivity index is 1.94. The van der Waals surface area contributed by atoms with Crippen LogP contribution in [0.25, 0.3) is 0 Å². The van der Waals surface area contributed by atoms with E-state index < -0.39 is 10.0 Å². The van der Waals surface area contributed by atoms with Gasteiger partial charge in [-0.25, -0.2) is 13.1 Å². The minimum Gasteiger partial charge on any atom is -0.317 e. The molecule has 2 N–H and O–H groups in total. The maximum absolute atomic E-state index is 12.3. The minimum absolute atomic E-state index is 0.105. The lowest BCUT2D eigenvalue weighted by molar-refractivity contribution is 0.530. The third-order valence-corrected chi connectivity index (χ3v) is 7.45. The molecule has 0 radical (unpaired) electrons. The summed E-state index contributed by atoms with van der Waals surface area (Å²) in [6.07, 6.45) is 2.75. The van der Waals surface area contributed by atoms with Gasteiger partial charge in [0.25, 0.3) is 0 Å². The molecule has 1 aromatic rings. The largest absolute Gasteiger partial charge is 0.317 e. The minimum atomic E-state index is -3.33. The van der Waals surface area contributed by atoms with Crippen molar-refractivity contribution in [2.45, 2.75) is 36.4 Å². The zero-order valence-electron chi connectivity index (χ0n) is 11.7. The van der Waals surface area contributed by atoms with E-state index >= 15 is 0 Å². The molecular formula is C13H22N2O2S3. The smallest absolute Gasteiger partial charge is 0.250 e. The lowest BCUT2D eigenvalue weighted by atomic mass is 10.2. The van der Waals surface area contributed by atoms with Gasteiger partial charge in [-0.05, 0) is 56.0 Å². The average Bonchev–Trinajstić information content (AvgIpc) is 2.89. The van der Waals surface area contributed by atoms with Crippen LogP contribution in [0.5, 0.6) is 0 Å². The average molecular weight is 335 g/mol. The summed E-state index contributed by atoms with van der Waals surface area (Å²) in [5.74, 6) is 2.09. The van der Waals surface area contributed by atoms with Crippen molar-refractivity contribution in [1.29, 1.82) is 0 Å². The molecule has 114 valence electrons. The molecule has 0 aromatic carbocycles. The van der Waals surface area contributed by atoms with Gasteiger partial charge in [0, 0.05) is 10.9 Å². The number of nitrogens with one attached hydrogen (secondary N) is 2. The van der Waals surface area contributed by atoms with Crippen molar-refractivity contribution < 1.29 is 8.42 Å². The van der Waals surface area contributed by atoms with Crippen LogP contribution in [0.15, 0.2) is 16.3 Å². The standard InChI is InChI=1S/C13H22N2O2S3/c1-2-14-8-5-12-3-4-13(19-12)20(16,17)15-11-6-9-18-10-7-11/h3-4,11,14-15H,2,5-10H2,1H3. The van der Waals surface area contributed by atoms with Gasteiger partial charge < -0.3 is 5.32 Å². The Labute approximate surface area is 129 Å². The van der Waals surface area contributed by atoms with E-state index in [1.165, 1.54) is 11.3 Å². The van der Waals surface area contributed by atoms with E-state index in [1.54, 1.807) is 6.07 Å². The zero-order valence-corrected chi connectivity index (χ0v) is 14.2. The van der Waals surface area contributed by atoms with Gasteiger partial charge in [-0.3, -0.25) is 0 Å². The molecule has 0 saturated carbocycles. The Morgan fingerprint density at radius 3 is 2.75 bits per heavy atom. The van der Waals surface area contributed by atoms with Gasteiger partial charge in [-0.1, -0.05) is 6.92 Å². The fourth-order valence-corrected chi connectivity index (χ4v) is 5.90. The van der Waals surface area contributed by atoms with Crippen molar-refractivity contribution in [2.75, 3.05) is 24.6 Å². The van der Waals surface area contributed by atoms with Crippen LogP contribution in [0.1, 0.15) is 24.6 Å². The molecule has 1 aliphatic rings. The maximum atomic E-state index is 12.3. The highest BCUT2D eigenvalue weighted by Crippen LogP contribution is 2.24. The number of thioether (sulfide) groups is 1. The molecule has 0 unspecified atom stereocenters. The molecule has 0 amide bonds. The van der Waals surface area contributed by atoms with Crippen LogP contribution in [0.3, 0.4) is 0 Å². The van der Waals surface area contributed by atoms with E-state index in [-0.39, 0.29) is 6.04 Å². The summed E-state index contributed by atoms with van der Waals surface area (Å²) in [7, 11) is -3.33. The lowest BCUT2D eigenvalue weighted by Crippen LogP contribution is -2.36. The molecule has 1 aliphatic heterocycles. The van der Waals surface area contributed by atoms with E-state index in [2.05, 4.69) is 17.0 Å². The number of hydrogen-bond donors (Lipinski definition) is 2. The van der Waals surface area contributed by atoms with Crippen molar-refractivity contribution in [3.8, 4) is 0 Å². The van der Waals surface area contributed by atoms with Crippen LogP contribution in [-0.4, -0.2) is 39.1 Å². The molecule has 0 atom stereocenters. The Hall–Kier alpha value is -0.0800. The summed E-state index contributed by atoms with van der Waals surface area (Å²) < 4.78 is 27.9. The lowest BCUT2D eigenvalue weighted by Gasteiger charge is -2.21. The molecule has 0 aliphatic carbocycles. The Kier molecular flexibility index (Phi) is 6.35. The fourth-order valence-electron chi connectivity index (χ4n) is 2.12. The van der Waals surface area contributed by atoms with E-state index in [4.69, 9.17) is 0 Å². The van der Waals surface area contributed by atoms with E-state index in [0.717, 1.165) is 48.7 Å². The third kappa shape index (κ3) is 4.73. The first kappa shape index (κ1) is 16.3. The summed E-state index contributed by atoms with van der Waals surface area (Å²) in [6, 6.07) is 3.76. The van der Waals surface area contributed by atoms with E-state index in [0.29, 0.717) is 4.21 Å². The van der Waals surface area contributed by atoms with Gasteiger partial charge >= 0.3 is 0 Å². The van der Waals surface area contributed by atoms with Crippen molar-refractivity contribution in [3.63, 3.8) is 0 Å². The summed E-state index contributed by atoms with van der Waals surface area (Å²) in [5, 5.41) is 3.25. The maximum Gasteiger partial charge on any atom is 0.250 e. The molecule has 1 saturated heterocycles. The Morgan fingerprint density at radius 2 is 2.05 bits per heavy atom. The molecule has 0 spiro atoms. The van der Waals surface area contributed by atoms with Gasteiger partial charge in [-0.15, -0.1) is 11.3 Å². The quantitative estimate of drug-likeness (QED) is 0.750.